The third kappa shape index (κ3) is 3.11. The molecule has 0 amide bonds. The smallest absolute Gasteiger partial charge is 0.168 e. The zero-order valence-electron chi connectivity index (χ0n) is 14.1. The molecule has 0 atom stereocenters. The van der Waals surface area contributed by atoms with Crippen LogP contribution in [-0.4, -0.2) is 23.8 Å². The van der Waals surface area contributed by atoms with Crippen LogP contribution in [0.2, 0.25) is 0 Å². The average Bonchev–Trinajstić information content (AvgIpc) is 2.96. The molecule has 0 saturated carbocycles. The van der Waals surface area contributed by atoms with E-state index in [4.69, 9.17) is 9.47 Å². The predicted octanol–water partition coefficient (Wildman–Crippen LogP) is 4.42. The van der Waals surface area contributed by atoms with E-state index < -0.39 is 0 Å². The first-order valence-corrected chi connectivity index (χ1v) is 8.33. The van der Waals surface area contributed by atoms with E-state index in [0.29, 0.717) is 22.9 Å². The van der Waals surface area contributed by atoms with Gasteiger partial charge in [-0.25, -0.2) is 4.98 Å². The molecule has 0 spiro atoms. The van der Waals surface area contributed by atoms with Crippen molar-refractivity contribution in [2.45, 2.75) is 0 Å². The first kappa shape index (κ1) is 17.1. The molecule has 25 heavy (non-hydrogen) atoms. The summed E-state index contributed by atoms with van der Waals surface area (Å²) in [7, 11) is 5.05. The van der Waals surface area contributed by atoms with Crippen molar-refractivity contribution in [2.24, 2.45) is 7.05 Å². The van der Waals surface area contributed by atoms with Crippen LogP contribution in [0.1, 0.15) is 11.4 Å². The van der Waals surface area contributed by atoms with Crippen LogP contribution in [0, 0.1) is 11.3 Å². The molecule has 0 fully saturated rings. The Hall–Kier alpha value is -2.78. The zero-order chi connectivity index (χ0) is 18.0. The van der Waals surface area contributed by atoms with Gasteiger partial charge in [-0.1, -0.05) is 28.1 Å². The summed E-state index contributed by atoms with van der Waals surface area (Å²) in [6, 6.07) is 13.7. The Balaban J connectivity index is 2.20. The van der Waals surface area contributed by atoms with Gasteiger partial charge in [0.25, 0.3) is 0 Å². The molecule has 3 rings (SSSR count). The molecule has 0 unspecified atom stereocenters. The fraction of sp³-hybridized carbons (Fsp3) is 0.158. The van der Waals surface area contributed by atoms with E-state index in [-0.39, 0.29) is 0 Å². The van der Waals surface area contributed by atoms with Gasteiger partial charge in [0.2, 0.25) is 0 Å². The summed E-state index contributed by atoms with van der Waals surface area (Å²) in [5, 5.41) is 9.69. The fourth-order valence-corrected chi connectivity index (χ4v) is 3.21. The minimum atomic E-state index is 0.442. The van der Waals surface area contributed by atoms with E-state index in [1.807, 2.05) is 48.0 Å². The van der Waals surface area contributed by atoms with E-state index in [1.165, 1.54) is 0 Å². The number of nitriles is 1. The van der Waals surface area contributed by atoms with Crippen molar-refractivity contribution in [3.05, 3.63) is 52.3 Å². The highest BCUT2D eigenvalue weighted by Crippen LogP contribution is 2.36. The number of hydrogen-bond donors (Lipinski definition) is 0. The Bertz CT molecular complexity index is 1020. The Morgan fingerprint density at radius 2 is 2.00 bits per heavy atom. The molecule has 0 N–H and O–H groups in total. The topological polar surface area (TPSA) is 60.1 Å². The maximum absolute atomic E-state index is 9.69. The van der Waals surface area contributed by atoms with Gasteiger partial charge in [-0.2, -0.15) is 5.26 Å². The second-order valence-corrected chi connectivity index (χ2v) is 6.30. The van der Waals surface area contributed by atoms with E-state index in [9.17, 15) is 5.26 Å². The molecule has 6 heteroatoms. The summed E-state index contributed by atoms with van der Waals surface area (Å²) in [5.41, 5.74) is 2.99. The lowest BCUT2D eigenvalue weighted by atomic mass is 10.1. The van der Waals surface area contributed by atoms with Crippen LogP contribution in [0.5, 0.6) is 11.5 Å². The number of para-hydroxylation sites is 2. The molecular weight excluding hydrogens is 382 g/mol. The quantitative estimate of drug-likeness (QED) is 0.611. The highest BCUT2D eigenvalue weighted by atomic mass is 79.9. The number of ether oxygens (including phenoxy) is 2. The van der Waals surface area contributed by atoms with Gasteiger partial charge in [-0.3, -0.25) is 0 Å². The number of imidazole rings is 1. The van der Waals surface area contributed by atoms with Gasteiger partial charge >= 0.3 is 0 Å². The van der Waals surface area contributed by atoms with Gasteiger partial charge in [0.1, 0.15) is 6.07 Å². The minimum Gasteiger partial charge on any atom is -0.493 e. The standard InChI is InChI=1S/C19H16BrN3O2/c1-23-16-7-5-4-6-15(16)22-19(23)13(11-21)8-12-9-14(20)10-17(24-2)18(12)25-3/h4-10H,1-3H3/b13-8-. The van der Waals surface area contributed by atoms with Gasteiger partial charge in [0.15, 0.2) is 17.3 Å². The molecule has 5 nitrogen and oxygen atoms in total. The number of benzene rings is 2. The molecular formula is C19H16BrN3O2. The van der Waals surface area contributed by atoms with Gasteiger partial charge in [0, 0.05) is 17.1 Å². The van der Waals surface area contributed by atoms with Gasteiger partial charge in [-0.15, -0.1) is 0 Å². The number of hydrogen-bond acceptors (Lipinski definition) is 4. The number of fused-ring (bicyclic) bond motifs is 1. The summed E-state index contributed by atoms with van der Waals surface area (Å²) in [4.78, 5) is 4.59. The van der Waals surface area contributed by atoms with Gasteiger partial charge in [0.05, 0.1) is 30.8 Å². The van der Waals surface area contributed by atoms with Crippen molar-refractivity contribution >= 4 is 38.6 Å². The highest BCUT2D eigenvalue weighted by molar-refractivity contribution is 9.10. The van der Waals surface area contributed by atoms with E-state index in [1.54, 1.807) is 20.3 Å². The van der Waals surface area contributed by atoms with Gasteiger partial charge < -0.3 is 14.0 Å². The van der Waals surface area contributed by atoms with Crippen LogP contribution in [0.3, 0.4) is 0 Å². The highest BCUT2D eigenvalue weighted by Gasteiger charge is 2.15. The lowest BCUT2D eigenvalue weighted by Gasteiger charge is -2.11. The molecule has 3 aromatic rings. The minimum absolute atomic E-state index is 0.442. The summed E-state index contributed by atoms with van der Waals surface area (Å²) < 4.78 is 13.6. The Labute approximate surface area is 154 Å². The van der Waals surface area contributed by atoms with E-state index >= 15 is 0 Å². The molecule has 1 heterocycles. The number of allylic oxidation sites excluding steroid dienone is 1. The maximum Gasteiger partial charge on any atom is 0.168 e. The summed E-state index contributed by atoms with van der Waals surface area (Å²) in [6.45, 7) is 0. The SMILES string of the molecule is COc1cc(Br)cc(/C=C(/C#N)c2nc3ccccc3n2C)c1OC. The van der Waals surface area contributed by atoms with E-state index in [0.717, 1.165) is 21.1 Å². The molecule has 0 aliphatic heterocycles. The average molecular weight is 398 g/mol. The Morgan fingerprint density at radius 1 is 1.24 bits per heavy atom. The normalized spacial score (nSPS) is 11.4. The number of rotatable bonds is 4. The second kappa shape index (κ2) is 6.99. The number of halogens is 1. The molecule has 0 aliphatic rings. The van der Waals surface area contributed by atoms with Gasteiger partial charge in [-0.05, 0) is 30.3 Å². The molecule has 2 aromatic carbocycles. The number of aromatic nitrogens is 2. The lowest BCUT2D eigenvalue weighted by Crippen LogP contribution is -1.97. The maximum atomic E-state index is 9.69. The Morgan fingerprint density at radius 3 is 2.64 bits per heavy atom. The van der Waals surface area contributed by atoms with Crippen LogP contribution in [0.4, 0.5) is 0 Å². The van der Waals surface area contributed by atoms with Crippen molar-refractivity contribution in [2.75, 3.05) is 14.2 Å². The van der Waals surface area contributed by atoms with Crippen LogP contribution < -0.4 is 9.47 Å². The van der Waals surface area contributed by atoms with Crippen LogP contribution in [-0.2, 0) is 7.05 Å². The molecule has 0 bridgehead atoms. The Kier molecular flexibility index (Phi) is 4.77. The van der Waals surface area contributed by atoms with Crippen molar-refractivity contribution in [1.82, 2.24) is 9.55 Å². The summed E-state index contributed by atoms with van der Waals surface area (Å²) in [6.07, 6.45) is 1.76. The molecule has 0 radical (unpaired) electrons. The van der Waals surface area contributed by atoms with Crippen molar-refractivity contribution in [3.8, 4) is 17.6 Å². The third-order valence-electron chi connectivity index (χ3n) is 3.92. The zero-order valence-corrected chi connectivity index (χ0v) is 15.7. The molecule has 1 aromatic heterocycles. The van der Waals surface area contributed by atoms with Crippen molar-refractivity contribution in [3.63, 3.8) is 0 Å². The largest absolute Gasteiger partial charge is 0.493 e. The molecule has 0 aliphatic carbocycles. The number of aryl methyl sites for hydroxylation is 1. The van der Waals surface area contributed by atoms with Crippen LogP contribution >= 0.6 is 15.9 Å². The summed E-state index contributed by atoms with van der Waals surface area (Å²) >= 11 is 3.46. The third-order valence-corrected chi connectivity index (χ3v) is 4.38. The molecule has 126 valence electrons. The predicted molar refractivity (Wildman–Crippen MR) is 101 cm³/mol. The van der Waals surface area contributed by atoms with Crippen LogP contribution in [0.15, 0.2) is 40.9 Å². The first-order chi connectivity index (χ1) is 12.1. The number of nitrogens with zero attached hydrogens (tertiary/aromatic N) is 3. The lowest BCUT2D eigenvalue weighted by molar-refractivity contribution is 0.354. The first-order valence-electron chi connectivity index (χ1n) is 7.54. The fourth-order valence-electron chi connectivity index (χ4n) is 2.75. The van der Waals surface area contributed by atoms with Crippen molar-refractivity contribution in [1.29, 1.82) is 5.26 Å². The molecule has 0 saturated heterocycles. The second-order valence-electron chi connectivity index (χ2n) is 5.38. The number of methoxy groups -OCH3 is 2. The summed E-state index contributed by atoms with van der Waals surface area (Å²) in [5.74, 6) is 1.76. The van der Waals surface area contributed by atoms with Crippen LogP contribution in [0.25, 0.3) is 22.7 Å². The van der Waals surface area contributed by atoms with E-state index in [2.05, 4.69) is 27.0 Å². The van der Waals surface area contributed by atoms with Crippen molar-refractivity contribution < 1.29 is 9.47 Å². The monoisotopic (exact) mass is 397 g/mol.